The molecule has 7 heteroatoms. The molecular weight excluding hydrogens is 578 g/mol. The van der Waals surface area contributed by atoms with E-state index in [2.05, 4.69) is 5.32 Å². The van der Waals surface area contributed by atoms with E-state index in [1.165, 1.54) is 0 Å². The summed E-state index contributed by atoms with van der Waals surface area (Å²) in [5.74, 6) is -2.17. The van der Waals surface area contributed by atoms with Crippen LogP contribution in [0.1, 0.15) is 50.2 Å². The Hall–Kier alpha value is -5.50. The molecule has 0 aliphatic heterocycles. The van der Waals surface area contributed by atoms with Crippen LogP contribution in [-0.4, -0.2) is 45.3 Å². The number of aromatic hydroxyl groups is 2. The van der Waals surface area contributed by atoms with E-state index in [4.69, 9.17) is 0 Å². The van der Waals surface area contributed by atoms with Crippen LogP contribution in [-0.2, 0) is 0 Å². The molecule has 0 aliphatic carbocycles. The number of amides is 1. The van der Waals surface area contributed by atoms with Crippen LogP contribution >= 0.6 is 0 Å². The number of hydrogen-bond donors (Lipinski definition) is 5. The number of phenols is 2. The normalized spacial score (nSPS) is 12.6. The molecule has 0 heterocycles. The second-order valence-electron chi connectivity index (χ2n) is 11.3. The lowest BCUT2D eigenvalue weighted by Gasteiger charge is -2.21. The van der Waals surface area contributed by atoms with Gasteiger partial charge in [-0.05, 0) is 44.8 Å². The first-order valence-corrected chi connectivity index (χ1v) is 15.1. The third-order valence-corrected chi connectivity index (χ3v) is 8.45. The van der Waals surface area contributed by atoms with Gasteiger partial charge in [-0.1, -0.05) is 109 Å². The molecule has 0 aromatic heterocycles. The maximum absolute atomic E-state index is 13.8. The van der Waals surface area contributed by atoms with Crippen LogP contribution in [0.4, 0.5) is 0 Å². The van der Waals surface area contributed by atoms with Gasteiger partial charge in [-0.2, -0.15) is 0 Å². The SMILES string of the molecule is O=C(CC(CO)c1ccccc1)c1cc2ccccc2c(-c2c(O)c(C(=O)NC(CO)c3ccccc3)cc3ccccc23)c1O. The smallest absolute Gasteiger partial charge is 0.255 e. The molecule has 0 spiro atoms. The van der Waals surface area contributed by atoms with Crippen LogP contribution in [0.15, 0.2) is 121 Å². The lowest BCUT2D eigenvalue weighted by atomic mass is 9.86. The van der Waals surface area contributed by atoms with E-state index >= 15 is 0 Å². The Morgan fingerprint density at radius 3 is 1.61 bits per heavy atom. The molecule has 6 rings (SSSR count). The number of Topliss-reactive ketones (excluding diaryl/α,β-unsaturated/α-hetero) is 1. The van der Waals surface area contributed by atoms with Gasteiger partial charge >= 0.3 is 0 Å². The molecule has 230 valence electrons. The van der Waals surface area contributed by atoms with Crippen molar-refractivity contribution in [1.82, 2.24) is 5.32 Å². The minimum Gasteiger partial charge on any atom is -0.507 e. The van der Waals surface area contributed by atoms with Gasteiger partial charge in [0.25, 0.3) is 5.91 Å². The van der Waals surface area contributed by atoms with Crippen LogP contribution in [0.3, 0.4) is 0 Å². The van der Waals surface area contributed by atoms with Gasteiger partial charge in [0.05, 0.1) is 30.4 Å². The molecule has 0 radical (unpaired) electrons. The van der Waals surface area contributed by atoms with Crippen molar-refractivity contribution in [3.8, 4) is 22.6 Å². The lowest BCUT2D eigenvalue weighted by molar-refractivity contribution is 0.0912. The van der Waals surface area contributed by atoms with Gasteiger partial charge in [-0.15, -0.1) is 0 Å². The number of benzene rings is 6. The quantitative estimate of drug-likeness (QED) is 0.108. The molecule has 1 amide bonds. The van der Waals surface area contributed by atoms with Gasteiger partial charge in [0.15, 0.2) is 5.78 Å². The molecule has 0 aliphatic rings. The number of hydrogen-bond acceptors (Lipinski definition) is 6. The predicted octanol–water partition coefficient (Wildman–Crippen LogP) is 6.88. The van der Waals surface area contributed by atoms with E-state index < -0.39 is 17.9 Å². The van der Waals surface area contributed by atoms with Crippen LogP contribution in [0.5, 0.6) is 11.5 Å². The van der Waals surface area contributed by atoms with E-state index in [1.54, 1.807) is 66.7 Å². The van der Waals surface area contributed by atoms with Crippen LogP contribution in [0.25, 0.3) is 32.7 Å². The molecular formula is C39H33NO6. The maximum atomic E-state index is 13.8. The molecule has 2 atom stereocenters. The Kier molecular flexibility index (Phi) is 8.79. The molecule has 0 saturated heterocycles. The van der Waals surface area contributed by atoms with Gasteiger partial charge in [0.1, 0.15) is 11.5 Å². The number of carbonyl (C=O) groups excluding carboxylic acids is 2. The number of carbonyl (C=O) groups is 2. The molecule has 0 bridgehead atoms. The molecule has 46 heavy (non-hydrogen) atoms. The molecule has 0 saturated carbocycles. The van der Waals surface area contributed by atoms with Crippen molar-refractivity contribution < 1.29 is 30.0 Å². The Balaban J connectivity index is 1.51. The van der Waals surface area contributed by atoms with Crippen molar-refractivity contribution in [2.75, 3.05) is 13.2 Å². The number of rotatable bonds is 10. The lowest BCUT2D eigenvalue weighted by Crippen LogP contribution is -2.30. The van der Waals surface area contributed by atoms with Gasteiger partial charge < -0.3 is 25.7 Å². The highest BCUT2D eigenvalue weighted by molar-refractivity contribution is 6.16. The van der Waals surface area contributed by atoms with E-state index in [1.807, 2.05) is 54.6 Å². The number of nitrogens with one attached hydrogen (secondary N) is 1. The Labute approximate surface area is 266 Å². The third-order valence-electron chi connectivity index (χ3n) is 8.45. The number of aliphatic hydroxyl groups excluding tert-OH is 2. The Morgan fingerprint density at radius 2 is 1.07 bits per heavy atom. The standard InChI is InChI=1S/C39H33NO6/c41-22-28(24-11-3-1-4-12-24)21-34(43)31-19-26-15-7-9-17-29(26)35(37(31)44)36-30-18-10-8-16-27(30)20-32(38(36)45)39(46)40-33(23-42)25-13-5-2-6-14-25/h1-20,28,33,41-42,44-45H,21-23H2,(H,40,46). The highest BCUT2D eigenvalue weighted by atomic mass is 16.3. The largest absolute Gasteiger partial charge is 0.507 e. The summed E-state index contributed by atoms with van der Waals surface area (Å²) < 4.78 is 0. The van der Waals surface area contributed by atoms with E-state index in [-0.39, 0.29) is 59.2 Å². The fourth-order valence-corrected chi connectivity index (χ4v) is 6.07. The first-order valence-electron chi connectivity index (χ1n) is 15.1. The van der Waals surface area contributed by atoms with Crippen molar-refractivity contribution in [1.29, 1.82) is 0 Å². The van der Waals surface area contributed by atoms with Gasteiger partial charge in [-0.25, -0.2) is 0 Å². The minimum absolute atomic E-state index is 0.0471. The van der Waals surface area contributed by atoms with Crippen LogP contribution < -0.4 is 5.32 Å². The first-order chi connectivity index (χ1) is 22.4. The second kappa shape index (κ2) is 13.2. The van der Waals surface area contributed by atoms with Crippen molar-refractivity contribution in [3.63, 3.8) is 0 Å². The van der Waals surface area contributed by atoms with Gasteiger partial charge in [0.2, 0.25) is 0 Å². The summed E-state index contributed by atoms with van der Waals surface area (Å²) in [7, 11) is 0. The number of ketones is 1. The van der Waals surface area contributed by atoms with Crippen molar-refractivity contribution >= 4 is 33.2 Å². The average molecular weight is 612 g/mol. The molecule has 0 fully saturated rings. The number of aliphatic hydroxyl groups is 2. The third kappa shape index (κ3) is 5.81. The highest BCUT2D eigenvalue weighted by Crippen LogP contribution is 2.48. The monoisotopic (exact) mass is 611 g/mol. The minimum atomic E-state index is -0.720. The van der Waals surface area contributed by atoms with E-state index in [0.29, 0.717) is 27.1 Å². The molecule has 2 unspecified atom stereocenters. The van der Waals surface area contributed by atoms with E-state index in [0.717, 1.165) is 5.56 Å². The topological polar surface area (TPSA) is 127 Å². The van der Waals surface area contributed by atoms with E-state index in [9.17, 15) is 30.0 Å². The summed E-state index contributed by atoms with van der Waals surface area (Å²) in [5.41, 5.74) is 1.92. The van der Waals surface area contributed by atoms with Crippen molar-refractivity contribution in [2.45, 2.75) is 18.4 Å². The zero-order chi connectivity index (χ0) is 32.2. The predicted molar refractivity (Wildman–Crippen MR) is 179 cm³/mol. The Bertz CT molecular complexity index is 1890. The zero-order valence-electron chi connectivity index (χ0n) is 24.9. The fourth-order valence-electron chi connectivity index (χ4n) is 6.07. The van der Waals surface area contributed by atoms with Gasteiger partial charge in [-0.3, -0.25) is 9.59 Å². The summed E-state index contributed by atoms with van der Waals surface area (Å²) >= 11 is 0. The van der Waals surface area contributed by atoms with Crippen molar-refractivity contribution in [2.24, 2.45) is 0 Å². The molecule has 6 aromatic carbocycles. The average Bonchev–Trinajstić information content (AvgIpc) is 3.10. The summed E-state index contributed by atoms with van der Waals surface area (Å²) in [5, 5.41) is 49.2. The first kappa shape index (κ1) is 30.5. The highest BCUT2D eigenvalue weighted by Gasteiger charge is 2.28. The number of fused-ring (bicyclic) bond motifs is 2. The van der Waals surface area contributed by atoms with Crippen LogP contribution in [0, 0.1) is 0 Å². The summed E-state index contributed by atoms with van der Waals surface area (Å²) in [6, 6.07) is 35.1. The Morgan fingerprint density at radius 1 is 0.587 bits per heavy atom. The fraction of sp³-hybridized carbons (Fsp3) is 0.128. The summed E-state index contributed by atoms with van der Waals surface area (Å²) in [4.78, 5) is 27.6. The molecule has 6 aromatic rings. The summed E-state index contributed by atoms with van der Waals surface area (Å²) in [6.45, 7) is -0.609. The number of phenolic OH excluding ortho intramolecular Hbond substituents is 2. The summed E-state index contributed by atoms with van der Waals surface area (Å²) in [6.07, 6.45) is -0.0525. The van der Waals surface area contributed by atoms with Crippen LogP contribution in [0.2, 0.25) is 0 Å². The zero-order valence-corrected chi connectivity index (χ0v) is 24.9. The molecule has 5 N–H and O–H groups in total. The second-order valence-corrected chi connectivity index (χ2v) is 11.3. The van der Waals surface area contributed by atoms with Crippen molar-refractivity contribution in [3.05, 3.63) is 144 Å². The molecule has 7 nitrogen and oxygen atoms in total. The van der Waals surface area contributed by atoms with Gasteiger partial charge in [0, 0.05) is 23.5 Å². The maximum Gasteiger partial charge on any atom is 0.255 e.